The minimum Gasteiger partial charge on any atom is -0.481 e. The van der Waals surface area contributed by atoms with Gasteiger partial charge in [0.2, 0.25) is 5.91 Å². The minimum atomic E-state index is -0.882. The highest BCUT2D eigenvalue weighted by Crippen LogP contribution is 2.17. The molecule has 23 heavy (non-hydrogen) atoms. The summed E-state index contributed by atoms with van der Waals surface area (Å²) in [5.74, 6) is -1.67. The maximum atomic E-state index is 12.4. The first kappa shape index (κ1) is 15.2. The van der Waals surface area contributed by atoms with Crippen LogP contribution in [-0.2, 0) is 16.1 Å². The first-order chi connectivity index (χ1) is 11.1. The van der Waals surface area contributed by atoms with Crippen molar-refractivity contribution in [3.05, 3.63) is 40.9 Å². The maximum absolute atomic E-state index is 12.4. The van der Waals surface area contributed by atoms with Crippen LogP contribution in [0.15, 0.2) is 35.4 Å². The molecule has 2 aromatic rings. The molecule has 2 heterocycles. The van der Waals surface area contributed by atoms with E-state index in [-0.39, 0.29) is 24.6 Å². The Balaban J connectivity index is 1.79. The quantitative estimate of drug-likeness (QED) is 0.901. The van der Waals surface area contributed by atoms with Crippen LogP contribution in [0.4, 0.5) is 0 Å². The normalized spacial score (nSPS) is 18.1. The number of likely N-dealkylation sites (tertiary alicyclic amines) is 1. The van der Waals surface area contributed by atoms with Crippen molar-refractivity contribution in [3.8, 4) is 0 Å². The zero-order chi connectivity index (χ0) is 16.4. The number of benzene rings is 1. The number of carbonyl (C=O) groups is 2. The fourth-order valence-corrected chi connectivity index (χ4v) is 2.87. The molecular formula is C16H17N3O4. The first-order valence-electron chi connectivity index (χ1n) is 7.51. The summed E-state index contributed by atoms with van der Waals surface area (Å²) >= 11 is 0. The van der Waals surface area contributed by atoms with Crippen LogP contribution in [-0.4, -0.2) is 44.5 Å². The largest absolute Gasteiger partial charge is 0.481 e. The van der Waals surface area contributed by atoms with Gasteiger partial charge in [-0.25, -0.2) is 4.98 Å². The van der Waals surface area contributed by atoms with Crippen LogP contribution < -0.4 is 5.56 Å². The van der Waals surface area contributed by atoms with Gasteiger partial charge in [-0.15, -0.1) is 0 Å². The molecule has 1 aromatic carbocycles. The third-order valence-corrected chi connectivity index (χ3v) is 4.16. The number of amides is 1. The summed E-state index contributed by atoms with van der Waals surface area (Å²) in [7, 11) is 0. The number of piperidine rings is 1. The second-order valence-corrected chi connectivity index (χ2v) is 5.71. The Labute approximate surface area is 132 Å². The average Bonchev–Trinajstić information content (AvgIpc) is 2.57. The van der Waals surface area contributed by atoms with E-state index in [0.29, 0.717) is 30.3 Å². The molecule has 1 atom stereocenters. The van der Waals surface area contributed by atoms with Crippen LogP contribution in [0.2, 0.25) is 0 Å². The number of nitrogens with zero attached hydrogens (tertiary/aromatic N) is 3. The molecule has 1 N–H and O–H groups in total. The molecule has 0 spiro atoms. The molecule has 1 aliphatic heterocycles. The number of hydrogen-bond donors (Lipinski definition) is 1. The van der Waals surface area contributed by atoms with Crippen molar-refractivity contribution in [1.82, 2.24) is 14.5 Å². The average molecular weight is 315 g/mol. The van der Waals surface area contributed by atoms with Crippen molar-refractivity contribution in [3.63, 3.8) is 0 Å². The highest BCUT2D eigenvalue weighted by molar-refractivity contribution is 5.79. The summed E-state index contributed by atoms with van der Waals surface area (Å²) in [5, 5.41) is 9.55. The van der Waals surface area contributed by atoms with Gasteiger partial charge in [0.1, 0.15) is 6.54 Å². The van der Waals surface area contributed by atoms with Gasteiger partial charge >= 0.3 is 5.97 Å². The van der Waals surface area contributed by atoms with Gasteiger partial charge in [0.25, 0.3) is 5.56 Å². The van der Waals surface area contributed by atoms with Crippen LogP contribution in [0.3, 0.4) is 0 Å². The van der Waals surface area contributed by atoms with E-state index in [2.05, 4.69) is 4.98 Å². The number of rotatable bonds is 3. The zero-order valence-corrected chi connectivity index (χ0v) is 12.5. The number of carboxylic acids is 1. The monoisotopic (exact) mass is 315 g/mol. The van der Waals surface area contributed by atoms with E-state index in [1.54, 1.807) is 24.3 Å². The van der Waals surface area contributed by atoms with E-state index < -0.39 is 11.9 Å². The standard InChI is InChI=1S/C16H17N3O4/c20-14(18-7-3-4-11(8-18)16(22)23)9-19-10-17-13-6-2-1-5-12(13)15(19)21/h1-2,5-6,10-11H,3-4,7-9H2,(H,22,23). The Kier molecular flexibility index (Phi) is 4.10. The molecule has 120 valence electrons. The van der Waals surface area contributed by atoms with E-state index in [9.17, 15) is 14.4 Å². The molecule has 0 saturated carbocycles. The second-order valence-electron chi connectivity index (χ2n) is 5.71. The third kappa shape index (κ3) is 3.08. The van der Waals surface area contributed by atoms with E-state index in [4.69, 9.17) is 5.11 Å². The number of hydrogen-bond acceptors (Lipinski definition) is 4. The van der Waals surface area contributed by atoms with Crippen molar-refractivity contribution in [1.29, 1.82) is 0 Å². The molecule has 7 heteroatoms. The van der Waals surface area contributed by atoms with Crippen LogP contribution in [0.25, 0.3) is 10.9 Å². The molecule has 1 amide bonds. The van der Waals surface area contributed by atoms with Crippen LogP contribution >= 0.6 is 0 Å². The van der Waals surface area contributed by atoms with E-state index in [1.807, 2.05) is 0 Å². The lowest BCUT2D eigenvalue weighted by atomic mass is 9.98. The molecule has 7 nitrogen and oxygen atoms in total. The lowest BCUT2D eigenvalue weighted by Crippen LogP contribution is -2.44. The Morgan fingerprint density at radius 1 is 1.30 bits per heavy atom. The van der Waals surface area contributed by atoms with Gasteiger partial charge < -0.3 is 10.0 Å². The van der Waals surface area contributed by atoms with Crippen LogP contribution in [0.1, 0.15) is 12.8 Å². The highest BCUT2D eigenvalue weighted by atomic mass is 16.4. The number of carboxylic acid groups (broad SMARTS) is 1. The predicted octanol–water partition coefficient (Wildman–Crippen LogP) is 0.720. The Bertz CT molecular complexity index is 814. The molecule has 1 saturated heterocycles. The molecule has 0 radical (unpaired) electrons. The smallest absolute Gasteiger partial charge is 0.308 e. The van der Waals surface area contributed by atoms with Gasteiger partial charge in [0.05, 0.1) is 23.1 Å². The number of carbonyl (C=O) groups excluding carboxylic acids is 1. The van der Waals surface area contributed by atoms with E-state index in [0.717, 1.165) is 0 Å². The summed E-state index contributed by atoms with van der Waals surface area (Å²) in [6.45, 7) is 0.602. The molecule has 0 aliphatic carbocycles. The SMILES string of the molecule is O=C(O)C1CCCN(C(=O)Cn2cnc3ccccc3c2=O)C1. The molecule has 1 aromatic heterocycles. The molecule has 3 rings (SSSR count). The fraction of sp³-hybridized carbons (Fsp3) is 0.375. The lowest BCUT2D eigenvalue weighted by molar-refractivity contribution is -0.145. The minimum absolute atomic E-state index is 0.122. The summed E-state index contributed by atoms with van der Waals surface area (Å²) < 4.78 is 1.27. The topological polar surface area (TPSA) is 92.5 Å². The van der Waals surface area contributed by atoms with Crippen LogP contribution in [0, 0.1) is 5.92 Å². The lowest BCUT2D eigenvalue weighted by Gasteiger charge is -2.30. The number of fused-ring (bicyclic) bond motifs is 1. The second kappa shape index (κ2) is 6.20. The molecule has 1 aliphatic rings. The summed E-state index contributed by atoms with van der Waals surface area (Å²) in [6, 6.07) is 6.96. The Hall–Kier alpha value is -2.70. The Morgan fingerprint density at radius 3 is 2.87 bits per heavy atom. The predicted molar refractivity (Wildman–Crippen MR) is 82.9 cm³/mol. The molecule has 0 bridgehead atoms. The first-order valence-corrected chi connectivity index (χ1v) is 7.51. The van der Waals surface area contributed by atoms with E-state index >= 15 is 0 Å². The summed E-state index contributed by atoms with van der Waals surface area (Å²) in [5.41, 5.74) is 0.320. The summed E-state index contributed by atoms with van der Waals surface area (Å²) in [6.07, 6.45) is 2.60. The van der Waals surface area contributed by atoms with Crippen molar-refractivity contribution in [2.45, 2.75) is 19.4 Å². The van der Waals surface area contributed by atoms with Gasteiger partial charge in [0, 0.05) is 13.1 Å². The highest BCUT2D eigenvalue weighted by Gasteiger charge is 2.28. The number of para-hydroxylation sites is 1. The van der Waals surface area contributed by atoms with Crippen molar-refractivity contribution < 1.29 is 14.7 Å². The van der Waals surface area contributed by atoms with Crippen molar-refractivity contribution in [2.24, 2.45) is 5.92 Å². The zero-order valence-electron chi connectivity index (χ0n) is 12.5. The number of aliphatic carboxylic acids is 1. The van der Waals surface area contributed by atoms with Gasteiger partial charge in [-0.1, -0.05) is 12.1 Å². The number of aromatic nitrogens is 2. The van der Waals surface area contributed by atoms with Crippen molar-refractivity contribution >= 4 is 22.8 Å². The Morgan fingerprint density at radius 2 is 2.09 bits per heavy atom. The van der Waals surface area contributed by atoms with Crippen molar-refractivity contribution in [2.75, 3.05) is 13.1 Å². The van der Waals surface area contributed by atoms with Gasteiger partial charge in [0.15, 0.2) is 0 Å². The maximum Gasteiger partial charge on any atom is 0.308 e. The van der Waals surface area contributed by atoms with Crippen LogP contribution in [0.5, 0.6) is 0 Å². The van der Waals surface area contributed by atoms with Gasteiger partial charge in [-0.3, -0.25) is 19.0 Å². The molecular weight excluding hydrogens is 298 g/mol. The van der Waals surface area contributed by atoms with E-state index in [1.165, 1.54) is 15.8 Å². The third-order valence-electron chi connectivity index (χ3n) is 4.16. The molecule has 1 fully saturated rings. The fourth-order valence-electron chi connectivity index (χ4n) is 2.87. The molecule has 1 unspecified atom stereocenters. The summed E-state index contributed by atoms with van der Waals surface area (Å²) in [4.78, 5) is 41.5. The van der Waals surface area contributed by atoms with Gasteiger partial charge in [-0.2, -0.15) is 0 Å². The van der Waals surface area contributed by atoms with Gasteiger partial charge in [-0.05, 0) is 25.0 Å².